The summed E-state index contributed by atoms with van der Waals surface area (Å²) in [6.45, 7) is 7.37. The van der Waals surface area contributed by atoms with E-state index in [4.69, 9.17) is 0 Å². The smallest absolute Gasteiger partial charge is 0.0862 e. The minimum atomic E-state index is -0.393. The number of aliphatic hydroxyl groups excluding tert-OH is 1. The first-order valence-electron chi connectivity index (χ1n) is 8.52. The van der Waals surface area contributed by atoms with Crippen molar-refractivity contribution < 1.29 is 5.11 Å². The number of likely N-dealkylation sites (tertiary alicyclic amines) is 1. The summed E-state index contributed by atoms with van der Waals surface area (Å²) in [5.74, 6) is 0. The highest BCUT2D eigenvalue weighted by molar-refractivity contribution is 5.06. The standard InChI is InChI=1S/C17H27N5O/c1-14-10-15(2)22(19-14)11-16-6-3-4-8-20(16)12-17(23)13-21-9-5-7-18-21/h5,7,9-10,16-17,23H,3-4,6,8,11-13H2,1-2H3. The molecular weight excluding hydrogens is 290 g/mol. The van der Waals surface area contributed by atoms with Crippen molar-refractivity contribution in [2.75, 3.05) is 13.1 Å². The van der Waals surface area contributed by atoms with Gasteiger partial charge in [-0.1, -0.05) is 6.42 Å². The Kier molecular flexibility index (Phi) is 5.13. The maximum Gasteiger partial charge on any atom is 0.0862 e. The van der Waals surface area contributed by atoms with Crippen LogP contribution in [0.2, 0.25) is 0 Å². The molecule has 6 heteroatoms. The number of aryl methyl sites for hydroxylation is 2. The summed E-state index contributed by atoms with van der Waals surface area (Å²) in [5, 5.41) is 19.2. The molecule has 0 radical (unpaired) electrons. The van der Waals surface area contributed by atoms with Crippen molar-refractivity contribution in [3.8, 4) is 0 Å². The van der Waals surface area contributed by atoms with Crippen LogP contribution in [0.1, 0.15) is 30.7 Å². The van der Waals surface area contributed by atoms with Gasteiger partial charge in [-0.25, -0.2) is 0 Å². The molecule has 2 aromatic rings. The van der Waals surface area contributed by atoms with E-state index in [1.807, 2.05) is 19.2 Å². The number of piperidine rings is 1. The molecule has 3 heterocycles. The molecule has 0 aliphatic carbocycles. The van der Waals surface area contributed by atoms with Crippen molar-refractivity contribution in [3.05, 3.63) is 35.9 Å². The highest BCUT2D eigenvalue weighted by Crippen LogP contribution is 2.20. The van der Waals surface area contributed by atoms with Crippen molar-refractivity contribution in [2.45, 2.75) is 58.3 Å². The molecule has 3 rings (SSSR count). The minimum absolute atomic E-state index is 0.393. The van der Waals surface area contributed by atoms with Crippen molar-refractivity contribution in [1.82, 2.24) is 24.5 Å². The molecule has 2 unspecified atom stereocenters. The van der Waals surface area contributed by atoms with E-state index in [2.05, 4.69) is 32.8 Å². The summed E-state index contributed by atoms with van der Waals surface area (Å²) in [5.41, 5.74) is 2.29. The lowest BCUT2D eigenvalue weighted by atomic mass is 10.0. The number of rotatable bonds is 6. The molecule has 23 heavy (non-hydrogen) atoms. The zero-order valence-electron chi connectivity index (χ0n) is 14.1. The van der Waals surface area contributed by atoms with Gasteiger partial charge in [-0.2, -0.15) is 10.2 Å². The molecule has 1 aliphatic heterocycles. The number of β-amino-alcohol motifs (C(OH)–C–C–N with tert-alkyl or cyclic N) is 1. The van der Waals surface area contributed by atoms with Crippen LogP contribution >= 0.6 is 0 Å². The lowest BCUT2D eigenvalue weighted by Gasteiger charge is -2.37. The number of hydrogen-bond donors (Lipinski definition) is 1. The van der Waals surface area contributed by atoms with Gasteiger partial charge in [-0.15, -0.1) is 0 Å². The number of aliphatic hydroxyl groups is 1. The number of aromatic nitrogens is 4. The van der Waals surface area contributed by atoms with Crippen LogP contribution in [0.5, 0.6) is 0 Å². The van der Waals surface area contributed by atoms with Gasteiger partial charge in [0.05, 0.1) is 24.9 Å². The number of hydrogen-bond acceptors (Lipinski definition) is 4. The molecule has 1 N–H and O–H groups in total. The van der Waals surface area contributed by atoms with E-state index in [1.54, 1.807) is 10.9 Å². The molecule has 0 bridgehead atoms. The third-order valence-electron chi connectivity index (χ3n) is 4.64. The predicted octanol–water partition coefficient (Wildman–Crippen LogP) is 1.61. The average Bonchev–Trinajstić information content (AvgIpc) is 3.11. The fourth-order valence-corrected chi connectivity index (χ4v) is 3.52. The summed E-state index contributed by atoms with van der Waals surface area (Å²) < 4.78 is 3.91. The summed E-state index contributed by atoms with van der Waals surface area (Å²) in [6.07, 6.45) is 6.90. The number of nitrogens with zero attached hydrogens (tertiary/aromatic N) is 5. The summed E-state index contributed by atoms with van der Waals surface area (Å²) in [6, 6.07) is 4.47. The van der Waals surface area contributed by atoms with E-state index in [1.165, 1.54) is 25.0 Å². The molecule has 1 saturated heterocycles. The van der Waals surface area contributed by atoms with Gasteiger partial charge in [0.2, 0.25) is 0 Å². The van der Waals surface area contributed by atoms with Crippen molar-refractivity contribution in [2.24, 2.45) is 0 Å². The van der Waals surface area contributed by atoms with Crippen molar-refractivity contribution in [1.29, 1.82) is 0 Å². The van der Waals surface area contributed by atoms with Crippen LogP contribution < -0.4 is 0 Å². The summed E-state index contributed by atoms with van der Waals surface area (Å²) >= 11 is 0. The molecule has 0 saturated carbocycles. The van der Waals surface area contributed by atoms with Gasteiger partial charge in [0, 0.05) is 30.7 Å². The molecule has 0 spiro atoms. The zero-order chi connectivity index (χ0) is 16.2. The lowest BCUT2D eigenvalue weighted by Crippen LogP contribution is -2.46. The van der Waals surface area contributed by atoms with Crippen LogP contribution in [0, 0.1) is 13.8 Å². The van der Waals surface area contributed by atoms with Gasteiger partial charge < -0.3 is 5.11 Å². The molecule has 0 aromatic carbocycles. The summed E-state index contributed by atoms with van der Waals surface area (Å²) in [4.78, 5) is 2.42. The third-order valence-corrected chi connectivity index (χ3v) is 4.64. The van der Waals surface area contributed by atoms with Gasteiger partial charge in [-0.3, -0.25) is 14.3 Å². The molecule has 6 nitrogen and oxygen atoms in total. The molecule has 1 aliphatic rings. The van der Waals surface area contributed by atoms with Crippen LogP contribution in [-0.4, -0.2) is 54.8 Å². The monoisotopic (exact) mass is 317 g/mol. The van der Waals surface area contributed by atoms with Crippen LogP contribution in [0.4, 0.5) is 0 Å². The Morgan fingerprint density at radius 1 is 1.30 bits per heavy atom. The van der Waals surface area contributed by atoms with E-state index >= 15 is 0 Å². The van der Waals surface area contributed by atoms with Crippen molar-refractivity contribution in [3.63, 3.8) is 0 Å². The fourth-order valence-electron chi connectivity index (χ4n) is 3.52. The lowest BCUT2D eigenvalue weighted by molar-refractivity contribution is 0.0494. The Hall–Kier alpha value is -1.66. The predicted molar refractivity (Wildman–Crippen MR) is 89.1 cm³/mol. The second kappa shape index (κ2) is 7.27. The Morgan fingerprint density at radius 2 is 2.17 bits per heavy atom. The molecular formula is C17H27N5O. The van der Waals surface area contributed by atoms with Crippen LogP contribution in [0.3, 0.4) is 0 Å². The largest absolute Gasteiger partial charge is 0.390 e. The molecule has 0 amide bonds. The van der Waals surface area contributed by atoms with E-state index in [0.717, 1.165) is 18.8 Å². The first kappa shape index (κ1) is 16.2. The Morgan fingerprint density at radius 3 is 2.87 bits per heavy atom. The van der Waals surface area contributed by atoms with Gasteiger partial charge >= 0.3 is 0 Å². The fraction of sp³-hybridized carbons (Fsp3) is 0.647. The molecule has 2 atom stereocenters. The van der Waals surface area contributed by atoms with Gasteiger partial charge in [0.25, 0.3) is 0 Å². The van der Waals surface area contributed by atoms with Crippen LogP contribution in [-0.2, 0) is 13.1 Å². The van der Waals surface area contributed by atoms with Gasteiger partial charge in [0.1, 0.15) is 0 Å². The average molecular weight is 317 g/mol. The molecule has 1 fully saturated rings. The van der Waals surface area contributed by atoms with E-state index in [-0.39, 0.29) is 0 Å². The van der Waals surface area contributed by atoms with Crippen LogP contribution in [0.25, 0.3) is 0 Å². The van der Waals surface area contributed by atoms with Crippen LogP contribution in [0.15, 0.2) is 24.5 Å². The quantitative estimate of drug-likeness (QED) is 0.879. The maximum atomic E-state index is 10.4. The molecule has 2 aromatic heterocycles. The second-order valence-corrected chi connectivity index (χ2v) is 6.64. The topological polar surface area (TPSA) is 59.1 Å². The second-order valence-electron chi connectivity index (χ2n) is 6.64. The summed E-state index contributed by atoms with van der Waals surface area (Å²) in [7, 11) is 0. The Labute approximate surface area is 137 Å². The van der Waals surface area contributed by atoms with Gasteiger partial charge in [0.15, 0.2) is 0 Å². The highest BCUT2D eigenvalue weighted by Gasteiger charge is 2.25. The van der Waals surface area contributed by atoms with E-state index in [0.29, 0.717) is 19.1 Å². The Balaban J connectivity index is 1.60. The molecule has 126 valence electrons. The van der Waals surface area contributed by atoms with Crippen molar-refractivity contribution >= 4 is 0 Å². The first-order valence-corrected chi connectivity index (χ1v) is 8.52. The normalized spacial score (nSPS) is 20.7. The first-order chi connectivity index (χ1) is 11.1. The Bertz CT molecular complexity index is 607. The van der Waals surface area contributed by atoms with Gasteiger partial charge in [-0.05, 0) is 45.4 Å². The maximum absolute atomic E-state index is 10.4. The SMILES string of the molecule is Cc1cc(C)n(CC2CCCCN2CC(O)Cn2cccn2)n1. The van der Waals surface area contributed by atoms with E-state index < -0.39 is 6.10 Å². The highest BCUT2D eigenvalue weighted by atomic mass is 16.3. The zero-order valence-corrected chi connectivity index (χ0v) is 14.1. The minimum Gasteiger partial charge on any atom is -0.390 e. The third kappa shape index (κ3) is 4.20. The van der Waals surface area contributed by atoms with E-state index in [9.17, 15) is 5.11 Å².